The lowest BCUT2D eigenvalue weighted by molar-refractivity contribution is -0.134. The molecular formula is C20H27ClN2O2. The lowest BCUT2D eigenvalue weighted by atomic mass is 10.0. The molecule has 2 aromatic carbocycles. The van der Waals surface area contributed by atoms with Crippen molar-refractivity contribution >= 4 is 18.3 Å². The van der Waals surface area contributed by atoms with E-state index in [1.807, 2.05) is 55.1 Å². The molecule has 0 spiro atoms. The Balaban J connectivity index is 0.00000312. The molecule has 136 valence electrons. The maximum Gasteiger partial charge on any atom is 0.239 e. The zero-order valence-electron chi connectivity index (χ0n) is 15.2. The first-order chi connectivity index (χ1) is 11.4. The molecule has 2 N–H and O–H groups in total. The van der Waals surface area contributed by atoms with E-state index in [2.05, 4.69) is 12.1 Å². The highest BCUT2D eigenvalue weighted by Crippen LogP contribution is 2.29. The molecule has 2 aromatic rings. The fraction of sp³-hybridized carbons (Fsp3) is 0.350. The molecule has 4 nitrogen and oxygen atoms in total. The van der Waals surface area contributed by atoms with Crippen LogP contribution in [-0.4, -0.2) is 30.0 Å². The van der Waals surface area contributed by atoms with Crippen LogP contribution in [0.4, 0.5) is 0 Å². The summed E-state index contributed by atoms with van der Waals surface area (Å²) in [5, 5.41) is 0. The van der Waals surface area contributed by atoms with E-state index in [1.165, 1.54) is 0 Å². The molecule has 0 unspecified atom stereocenters. The quantitative estimate of drug-likeness (QED) is 0.848. The first kappa shape index (κ1) is 21.0. The molecule has 0 saturated heterocycles. The van der Waals surface area contributed by atoms with Crippen molar-refractivity contribution in [3.8, 4) is 16.9 Å². The number of nitrogens with two attached hydrogens (primary N) is 1. The Morgan fingerprint density at radius 2 is 1.68 bits per heavy atom. The number of hydrogen-bond acceptors (Lipinski definition) is 3. The Hall–Kier alpha value is -2.04. The molecule has 0 bridgehead atoms. The maximum absolute atomic E-state index is 12.2. The smallest absolute Gasteiger partial charge is 0.239 e. The molecule has 1 atom stereocenters. The normalized spacial score (nSPS) is 11.6. The largest absolute Gasteiger partial charge is 0.496 e. The minimum Gasteiger partial charge on any atom is -0.496 e. The predicted molar refractivity (Wildman–Crippen MR) is 105 cm³/mol. The molecule has 2 rings (SSSR count). The Morgan fingerprint density at radius 1 is 1.08 bits per heavy atom. The van der Waals surface area contributed by atoms with Gasteiger partial charge >= 0.3 is 0 Å². The summed E-state index contributed by atoms with van der Waals surface area (Å²) in [5.74, 6) is 0.819. The number of halogens is 1. The zero-order chi connectivity index (χ0) is 17.7. The lowest BCUT2D eigenvalue weighted by Gasteiger charge is -2.28. The third kappa shape index (κ3) is 5.21. The van der Waals surface area contributed by atoms with Crippen molar-refractivity contribution in [2.24, 2.45) is 5.73 Å². The van der Waals surface area contributed by atoms with Gasteiger partial charge in [-0.15, -0.1) is 12.4 Å². The van der Waals surface area contributed by atoms with Gasteiger partial charge in [-0.2, -0.15) is 0 Å². The third-order valence-electron chi connectivity index (χ3n) is 4.02. The highest BCUT2D eigenvalue weighted by Gasteiger charge is 2.20. The number of carbonyl (C=O) groups excluding carboxylic acids is 1. The molecule has 0 saturated carbocycles. The average Bonchev–Trinajstić information content (AvgIpc) is 2.59. The van der Waals surface area contributed by atoms with Crippen LogP contribution in [0.15, 0.2) is 48.5 Å². The van der Waals surface area contributed by atoms with Crippen LogP contribution in [0.25, 0.3) is 11.1 Å². The third-order valence-corrected chi connectivity index (χ3v) is 4.02. The summed E-state index contributed by atoms with van der Waals surface area (Å²) in [7, 11) is 1.67. The summed E-state index contributed by atoms with van der Waals surface area (Å²) < 4.78 is 5.42. The maximum atomic E-state index is 12.2. The molecule has 0 aliphatic rings. The Labute approximate surface area is 156 Å². The summed E-state index contributed by atoms with van der Waals surface area (Å²) in [6, 6.07) is 15.8. The SMILES string of the molecule is COc1ccccc1-c1ccc(CN(C(=O)[C@H](C)N)C(C)C)cc1.Cl. The fourth-order valence-electron chi connectivity index (χ4n) is 2.65. The Bertz CT molecular complexity index is 684. The number of ether oxygens (including phenoxy) is 1. The highest BCUT2D eigenvalue weighted by molar-refractivity contribution is 5.85. The minimum atomic E-state index is -0.486. The van der Waals surface area contributed by atoms with E-state index in [1.54, 1.807) is 14.0 Å². The van der Waals surface area contributed by atoms with Gasteiger partial charge in [-0.25, -0.2) is 0 Å². The van der Waals surface area contributed by atoms with E-state index in [0.29, 0.717) is 6.54 Å². The van der Waals surface area contributed by atoms with Gasteiger partial charge in [0.1, 0.15) is 5.75 Å². The van der Waals surface area contributed by atoms with Crippen molar-refractivity contribution in [3.63, 3.8) is 0 Å². The first-order valence-corrected chi connectivity index (χ1v) is 8.22. The number of nitrogens with zero attached hydrogens (tertiary/aromatic N) is 1. The van der Waals surface area contributed by atoms with Crippen molar-refractivity contribution in [1.82, 2.24) is 4.90 Å². The summed E-state index contributed by atoms with van der Waals surface area (Å²) in [5.41, 5.74) is 8.98. The van der Waals surface area contributed by atoms with Crippen molar-refractivity contribution < 1.29 is 9.53 Å². The molecule has 0 radical (unpaired) electrons. The van der Waals surface area contributed by atoms with E-state index in [0.717, 1.165) is 22.4 Å². The monoisotopic (exact) mass is 362 g/mol. The standard InChI is InChI=1S/C20H26N2O2.ClH/c1-14(2)22(20(23)15(3)21)13-16-9-11-17(12-10-16)18-7-5-6-8-19(18)24-4;/h5-12,14-15H,13,21H2,1-4H3;1H/t15-;/m0./s1. The molecule has 25 heavy (non-hydrogen) atoms. The van der Waals surface area contributed by atoms with Gasteiger partial charge in [0.05, 0.1) is 13.2 Å². The van der Waals surface area contributed by atoms with Crippen molar-refractivity contribution in [2.75, 3.05) is 7.11 Å². The molecule has 0 aliphatic carbocycles. The molecule has 0 aromatic heterocycles. The van der Waals surface area contributed by atoms with Crippen LogP contribution >= 0.6 is 12.4 Å². The number of rotatable bonds is 6. The number of para-hydroxylation sites is 1. The predicted octanol–water partition coefficient (Wildman–Crippen LogP) is 3.87. The molecule has 5 heteroatoms. The van der Waals surface area contributed by atoms with Gasteiger partial charge in [0, 0.05) is 18.2 Å². The van der Waals surface area contributed by atoms with Crippen LogP contribution in [0.1, 0.15) is 26.3 Å². The number of benzene rings is 2. The van der Waals surface area contributed by atoms with Crippen LogP contribution in [0.2, 0.25) is 0 Å². The van der Waals surface area contributed by atoms with Gasteiger partial charge in [-0.1, -0.05) is 42.5 Å². The molecule has 0 aliphatic heterocycles. The van der Waals surface area contributed by atoms with Gasteiger partial charge in [0.2, 0.25) is 5.91 Å². The number of carbonyl (C=O) groups is 1. The highest BCUT2D eigenvalue weighted by atomic mass is 35.5. The van der Waals surface area contributed by atoms with E-state index in [-0.39, 0.29) is 24.4 Å². The van der Waals surface area contributed by atoms with Crippen LogP contribution in [-0.2, 0) is 11.3 Å². The minimum absolute atomic E-state index is 0. The summed E-state index contributed by atoms with van der Waals surface area (Å²) in [4.78, 5) is 14.1. The second-order valence-corrected chi connectivity index (χ2v) is 6.25. The lowest BCUT2D eigenvalue weighted by Crippen LogP contribution is -2.45. The van der Waals surface area contributed by atoms with Crippen molar-refractivity contribution in [3.05, 3.63) is 54.1 Å². The zero-order valence-corrected chi connectivity index (χ0v) is 16.0. The number of methoxy groups -OCH3 is 1. The average molecular weight is 363 g/mol. The molecule has 0 fully saturated rings. The van der Waals surface area contributed by atoms with Crippen LogP contribution in [0.3, 0.4) is 0 Å². The van der Waals surface area contributed by atoms with Gasteiger partial charge in [-0.05, 0) is 38.0 Å². The Morgan fingerprint density at radius 3 is 2.20 bits per heavy atom. The van der Waals surface area contributed by atoms with Crippen molar-refractivity contribution in [2.45, 2.75) is 39.4 Å². The Kier molecular flexibility index (Phi) is 7.94. The second kappa shape index (κ2) is 9.44. The molecular weight excluding hydrogens is 336 g/mol. The van der Waals surface area contributed by atoms with Gasteiger partial charge in [0.15, 0.2) is 0 Å². The van der Waals surface area contributed by atoms with E-state index in [9.17, 15) is 4.79 Å². The van der Waals surface area contributed by atoms with Crippen molar-refractivity contribution in [1.29, 1.82) is 0 Å². The van der Waals surface area contributed by atoms with Crippen LogP contribution in [0.5, 0.6) is 5.75 Å². The van der Waals surface area contributed by atoms with Gasteiger partial charge in [-0.3, -0.25) is 4.79 Å². The molecule has 1 amide bonds. The second-order valence-electron chi connectivity index (χ2n) is 6.25. The number of amides is 1. The summed E-state index contributed by atoms with van der Waals surface area (Å²) >= 11 is 0. The summed E-state index contributed by atoms with van der Waals surface area (Å²) in [6.07, 6.45) is 0. The van der Waals surface area contributed by atoms with E-state index < -0.39 is 6.04 Å². The first-order valence-electron chi connectivity index (χ1n) is 8.22. The fourth-order valence-corrected chi connectivity index (χ4v) is 2.65. The van der Waals surface area contributed by atoms with Gasteiger partial charge < -0.3 is 15.4 Å². The van der Waals surface area contributed by atoms with Crippen LogP contribution in [0, 0.1) is 0 Å². The van der Waals surface area contributed by atoms with Crippen LogP contribution < -0.4 is 10.5 Å². The molecule has 0 heterocycles. The summed E-state index contributed by atoms with van der Waals surface area (Å²) in [6.45, 7) is 6.29. The topological polar surface area (TPSA) is 55.6 Å². The van der Waals surface area contributed by atoms with Gasteiger partial charge in [0.25, 0.3) is 0 Å². The van der Waals surface area contributed by atoms with E-state index in [4.69, 9.17) is 10.5 Å². The van der Waals surface area contributed by atoms with E-state index >= 15 is 0 Å². The number of hydrogen-bond donors (Lipinski definition) is 1.